The Bertz CT molecular complexity index is 638. The molecule has 0 bridgehead atoms. The third-order valence-electron chi connectivity index (χ3n) is 2.72. The lowest BCUT2D eigenvalue weighted by Crippen LogP contribution is -1.98. The second kappa shape index (κ2) is 5.68. The van der Waals surface area contributed by atoms with Gasteiger partial charge in [-0.05, 0) is 43.7 Å². The number of hydrogen-bond donors (Lipinski definition) is 1. The molecule has 0 unspecified atom stereocenters. The molecule has 0 heterocycles. The molecule has 0 saturated heterocycles. The summed E-state index contributed by atoms with van der Waals surface area (Å²) in [5, 5.41) is 9.73. The van der Waals surface area contributed by atoms with E-state index in [-0.39, 0.29) is 5.56 Å². The monoisotopic (exact) mass is 292 g/mol. The van der Waals surface area contributed by atoms with Gasteiger partial charge < -0.3 is 5.11 Å². The zero-order valence-electron chi connectivity index (χ0n) is 10.6. The molecule has 4 heteroatoms. The normalized spacial score (nSPS) is 10.5. The van der Waals surface area contributed by atoms with Gasteiger partial charge in [-0.3, -0.25) is 0 Å². The topological polar surface area (TPSA) is 37.3 Å². The fourth-order valence-corrected chi connectivity index (χ4v) is 3.07. The van der Waals surface area contributed by atoms with Gasteiger partial charge in [0.2, 0.25) is 0 Å². The molecule has 2 nitrogen and oxygen atoms in total. The zero-order valence-corrected chi connectivity index (χ0v) is 12.2. The molecule has 0 aliphatic carbocycles. The van der Waals surface area contributed by atoms with Crippen LogP contribution in [0.4, 0.5) is 0 Å². The van der Waals surface area contributed by atoms with E-state index in [0.717, 1.165) is 10.5 Å². The minimum absolute atomic E-state index is 0.273. The predicted molar refractivity (Wildman–Crippen MR) is 78.5 cm³/mol. The molecule has 2 aromatic carbocycles. The highest BCUT2D eigenvalue weighted by molar-refractivity contribution is 7.99. The van der Waals surface area contributed by atoms with Gasteiger partial charge in [0.05, 0.1) is 5.56 Å². The molecular weight excluding hydrogens is 280 g/mol. The van der Waals surface area contributed by atoms with Crippen molar-refractivity contribution in [3.8, 4) is 0 Å². The van der Waals surface area contributed by atoms with E-state index in [1.807, 2.05) is 26.0 Å². The van der Waals surface area contributed by atoms with Crippen LogP contribution in [-0.4, -0.2) is 11.1 Å². The quantitative estimate of drug-likeness (QED) is 0.882. The summed E-state index contributed by atoms with van der Waals surface area (Å²) in [5.41, 5.74) is 2.59. The third-order valence-corrected chi connectivity index (χ3v) is 4.20. The Hall–Kier alpha value is -1.45. The first-order chi connectivity index (χ1) is 8.97. The highest BCUT2D eigenvalue weighted by Gasteiger charge is 2.12. The number of aromatic carboxylic acids is 1. The minimum atomic E-state index is -0.941. The number of carbonyl (C=O) groups is 1. The van der Waals surface area contributed by atoms with Crippen LogP contribution in [0.25, 0.3) is 0 Å². The molecule has 0 amide bonds. The number of rotatable bonds is 3. The van der Waals surface area contributed by atoms with Crippen molar-refractivity contribution < 1.29 is 9.90 Å². The lowest BCUT2D eigenvalue weighted by Gasteiger charge is -2.09. The summed E-state index contributed by atoms with van der Waals surface area (Å²) in [6.07, 6.45) is 0. The Kier molecular flexibility index (Phi) is 4.17. The van der Waals surface area contributed by atoms with Crippen LogP contribution >= 0.6 is 23.4 Å². The molecule has 0 spiro atoms. The first-order valence-corrected chi connectivity index (χ1v) is 6.95. The molecule has 19 heavy (non-hydrogen) atoms. The van der Waals surface area contributed by atoms with Crippen molar-refractivity contribution >= 4 is 29.3 Å². The van der Waals surface area contributed by atoms with Crippen molar-refractivity contribution in [3.63, 3.8) is 0 Å². The van der Waals surface area contributed by atoms with Gasteiger partial charge in [-0.2, -0.15) is 0 Å². The summed E-state index contributed by atoms with van der Waals surface area (Å²) in [7, 11) is 0. The van der Waals surface area contributed by atoms with Crippen LogP contribution in [0.15, 0.2) is 46.2 Å². The molecule has 2 rings (SSSR count). The molecule has 0 aliphatic heterocycles. The van der Waals surface area contributed by atoms with Crippen molar-refractivity contribution in [2.45, 2.75) is 23.6 Å². The van der Waals surface area contributed by atoms with Crippen LogP contribution in [0.5, 0.6) is 0 Å². The van der Waals surface area contributed by atoms with E-state index in [1.165, 1.54) is 23.4 Å². The van der Waals surface area contributed by atoms with Crippen molar-refractivity contribution in [3.05, 3.63) is 58.1 Å². The summed E-state index contributed by atoms with van der Waals surface area (Å²) < 4.78 is 0. The van der Waals surface area contributed by atoms with E-state index in [2.05, 4.69) is 6.07 Å². The summed E-state index contributed by atoms with van der Waals surface area (Å²) >= 11 is 7.37. The number of hydrogen-bond acceptors (Lipinski definition) is 2. The molecule has 1 N–H and O–H groups in total. The second-order valence-electron chi connectivity index (χ2n) is 4.32. The van der Waals surface area contributed by atoms with Gasteiger partial charge >= 0.3 is 5.97 Å². The van der Waals surface area contributed by atoms with Gasteiger partial charge in [-0.1, -0.05) is 41.1 Å². The van der Waals surface area contributed by atoms with Crippen molar-refractivity contribution in [1.29, 1.82) is 0 Å². The molecule has 0 aromatic heterocycles. The standard InChI is InChI=1S/C15H13ClO2S/c1-9-3-6-13(10(2)7-9)19-14-8-11(16)4-5-12(14)15(17)18/h3-8H,1-2H3,(H,17,18). The first kappa shape index (κ1) is 14.0. The number of carboxylic acid groups (broad SMARTS) is 1. The average molecular weight is 293 g/mol. The smallest absolute Gasteiger partial charge is 0.336 e. The van der Waals surface area contributed by atoms with Crippen LogP contribution in [0.3, 0.4) is 0 Å². The SMILES string of the molecule is Cc1ccc(Sc2cc(Cl)ccc2C(=O)O)c(C)c1. The van der Waals surface area contributed by atoms with Crippen molar-refractivity contribution in [2.24, 2.45) is 0 Å². The van der Waals surface area contributed by atoms with Crippen molar-refractivity contribution in [2.75, 3.05) is 0 Å². The fraction of sp³-hybridized carbons (Fsp3) is 0.133. The van der Waals surface area contributed by atoms with E-state index in [1.54, 1.807) is 12.1 Å². The average Bonchev–Trinajstić information content (AvgIpc) is 2.32. The summed E-state index contributed by atoms with van der Waals surface area (Å²) in [5.74, 6) is -0.941. The van der Waals surface area contributed by atoms with Gasteiger partial charge in [0.15, 0.2) is 0 Å². The Morgan fingerprint density at radius 2 is 1.84 bits per heavy atom. The van der Waals surface area contributed by atoms with Crippen molar-refractivity contribution in [1.82, 2.24) is 0 Å². The van der Waals surface area contributed by atoms with Gasteiger partial charge in [0.1, 0.15) is 0 Å². The molecule has 0 saturated carbocycles. The van der Waals surface area contributed by atoms with E-state index >= 15 is 0 Å². The van der Waals surface area contributed by atoms with Crippen LogP contribution in [0.2, 0.25) is 5.02 Å². The first-order valence-electron chi connectivity index (χ1n) is 5.75. The Morgan fingerprint density at radius 3 is 2.47 bits per heavy atom. The van der Waals surface area contributed by atoms with Crippen LogP contribution in [0.1, 0.15) is 21.5 Å². The Balaban J connectivity index is 2.42. The zero-order chi connectivity index (χ0) is 14.0. The fourth-order valence-electron chi connectivity index (χ4n) is 1.79. The lowest BCUT2D eigenvalue weighted by atomic mass is 10.2. The number of carboxylic acids is 1. The molecule has 0 fully saturated rings. The number of aryl methyl sites for hydroxylation is 2. The van der Waals surface area contributed by atoms with Crippen LogP contribution < -0.4 is 0 Å². The predicted octanol–water partition coefficient (Wildman–Crippen LogP) is 4.81. The summed E-state index contributed by atoms with van der Waals surface area (Å²) in [6.45, 7) is 4.05. The maximum atomic E-state index is 11.2. The summed E-state index contributed by atoms with van der Waals surface area (Å²) in [6, 6.07) is 10.9. The van der Waals surface area contributed by atoms with Crippen LogP contribution in [-0.2, 0) is 0 Å². The van der Waals surface area contributed by atoms with Gasteiger partial charge in [-0.15, -0.1) is 0 Å². The molecule has 0 atom stereocenters. The number of halogens is 1. The molecular formula is C15H13ClO2S. The second-order valence-corrected chi connectivity index (χ2v) is 5.84. The van der Waals surface area contributed by atoms with Gasteiger partial charge in [-0.25, -0.2) is 4.79 Å². The van der Waals surface area contributed by atoms with E-state index in [0.29, 0.717) is 9.92 Å². The molecule has 0 aliphatic rings. The van der Waals surface area contributed by atoms with Gasteiger partial charge in [0.25, 0.3) is 0 Å². The number of benzene rings is 2. The minimum Gasteiger partial charge on any atom is -0.478 e. The van der Waals surface area contributed by atoms with E-state index in [9.17, 15) is 9.90 Å². The third kappa shape index (κ3) is 3.31. The highest BCUT2D eigenvalue weighted by Crippen LogP contribution is 2.34. The molecule has 0 radical (unpaired) electrons. The Labute approximate surface area is 121 Å². The van der Waals surface area contributed by atoms with E-state index in [4.69, 9.17) is 11.6 Å². The largest absolute Gasteiger partial charge is 0.478 e. The maximum absolute atomic E-state index is 11.2. The summed E-state index contributed by atoms with van der Waals surface area (Å²) in [4.78, 5) is 12.9. The van der Waals surface area contributed by atoms with E-state index < -0.39 is 5.97 Å². The maximum Gasteiger partial charge on any atom is 0.336 e. The Morgan fingerprint density at radius 1 is 1.11 bits per heavy atom. The molecule has 98 valence electrons. The lowest BCUT2D eigenvalue weighted by molar-refractivity contribution is 0.0693. The van der Waals surface area contributed by atoms with Crippen LogP contribution in [0, 0.1) is 13.8 Å². The van der Waals surface area contributed by atoms with Gasteiger partial charge in [0, 0.05) is 14.8 Å². The highest BCUT2D eigenvalue weighted by atomic mass is 35.5. The molecule has 2 aromatic rings.